The Kier molecular flexibility index (Phi) is 4.84. The van der Waals surface area contributed by atoms with Gasteiger partial charge in [-0.3, -0.25) is 0 Å². The Morgan fingerprint density at radius 3 is 2.53 bits per heavy atom. The molecule has 0 aliphatic heterocycles. The van der Waals surface area contributed by atoms with Crippen LogP contribution in [0, 0.1) is 11.3 Å². The molecule has 0 amide bonds. The van der Waals surface area contributed by atoms with Gasteiger partial charge in [-0.25, -0.2) is 4.79 Å². The van der Waals surface area contributed by atoms with Crippen LogP contribution in [0.4, 0.5) is 13.2 Å². The SMILES string of the molecule is CCc1ccc(SC(F)(F)F)c(C#N)c1C(=O)OC. The summed E-state index contributed by atoms with van der Waals surface area (Å²) in [7, 11) is 1.12. The molecule has 0 aliphatic carbocycles. The van der Waals surface area contributed by atoms with Gasteiger partial charge in [-0.05, 0) is 29.8 Å². The van der Waals surface area contributed by atoms with E-state index in [2.05, 4.69) is 4.74 Å². The van der Waals surface area contributed by atoms with Crippen molar-refractivity contribution < 1.29 is 22.7 Å². The van der Waals surface area contributed by atoms with Crippen LogP contribution in [0.2, 0.25) is 0 Å². The van der Waals surface area contributed by atoms with Crippen LogP contribution in [0.5, 0.6) is 0 Å². The molecule has 0 atom stereocenters. The molecule has 0 aliphatic rings. The lowest BCUT2D eigenvalue weighted by atomic mass is 10.00. The predicted molar refractivity (Wildman–Crippen MR) is 63.8 cm³/mol. The zero-order valence-electron chi connectivity index (χ0n) is 10.2. The first-order chi connectivity index (χ1) is 8.84. The number of nitrogens with zero attached hydrogens (tertiary/aromatic N) is 1. The number of ether oxygens (including phenoxy) is 1. The molecule has 0 fully saturated rings. The van der Waals surface area contributed by atoms with Crippen LogP contribution in [-0.2, 0) is 11.2 Å². The number of halogens is 3. The van der Waals surface area contributed by atoms with Crippen LogP contribution in [0.3, 0.4) is 0 Å². The second-order valence-electron chi connectivity index (χ2n) is 3.48. The topological polar surface area (TPSA) is 50.1 Å². The first-order valence-electron chi connectivity index (χ1n) is 5.24. The van der Waals surface area contributed by atoms with Gasteiger partial charge in [0.15, 0.2) is 0 Å². The molecule has 0 unspecified atom stereocenters. The van der Waals surface area contributed by atoms with Crippen molar-refractivity contribution in [2.75, 3.05) is 7.11 Å². The summed E-state index contributed by atoms with van der Waals surface area (Å²) in [4.78, 5) is 11.3. The van der Waals surface area contributed by atoms with Crippen LogP contribution < -0.4 is 0 Å². The third-order valence-corrected chi connectivity index (χ3v) is 3.15. The maximum Gasteiger partial charge on any atom is 0.446 e. The number of carbonyl (C=O) groups excluding carboxylic acids is 1. The van der Waals surface area contributed by atoms with E-state index in [1.807, 2.05) is 0 Å². The number of aryl methyl sites for hydroxylation is 1. The summed E-state index contributed by atoms with van der Waals surface area (Å²) in [5.74, 6) is -0.807. The van der Waals surface area contributed by atoms with Crippen molar-refractivity contribution in [3.05, 3.63) is 28.8 Å². The highest BCUT2D eigenvalue weighted by Crippen LogP contribution is 2.39. The summed E-state index contributed by atoms with van der Waals surface area (Å²) in [6.45, 7) is 1.74. The number of nitriles is 1. The highest BCUT2D eigenvalue weighted by atomic mass is 32.2. The molecule has 0 aromatic heterocycles. The van der Waals surface area contributed by atoms with E-state index in [0.717, 1.165) is 7.11 Å². The minimum absolute atomic E-state index is 0.0956. The van der Waals surface area contributed by atoms with Gasteiger partial charge in [-0.2, -0.15) is 18.4 Å². The normalized spacial score (nSPS) is 10.9. The highest BCUT2D eigenvalue weighted by molar-refractivity contribution is 8.00. The van der Waals surface area contributed by atoms with E-state index in [9.17, 15) is 18.0 Å². The van der Waals surface area contributed by atoms with Crippen molar-refractivity contribution in [2.24, 2.45) is 0 Å². The lowest BCUT2D eigenvalue weighted by Gasteiger charge is -2.13. The van der Waals surface area contributed by atoms with E-state index in [1.54, 1.807) is 13.0 Å². The van der Waals surface area contributed by atoms with Gasteiger partial charge in [0, 0.05) is 4.90 Å². The van der Waals surface area contributed by atoms with E-state index < -0.39 is 23.2 Å². The quantitative estimate of drug-likeness (QED) is 0.631. The molecule has 1 aromatic rings. The average molecular weight is 289 g/mol. The molecule has 19 heavy (non-hydrogen) atoms. The molecule has 1 aromatic carbocycles. The van der Waals surface area contributed by atoms with Crippen molar-refractivity contribution >= 4 is 17.7 Å². The predicted octanol–water partition coefficient (Wildman–Crippen LogP) is 3.52. The number of carbonyl (C=O) groups is 1. The molecule has 3 nitrogen and oxygen atoms in total. The molecule has 7 heteroatoms. The molecule has 0 radical (unpaired) electrons. The molecule has 0 saturated carbocycles. The molecule has 0 bridgehead atoms. The Balaban J connectivity index is 3.46. The van der Waals surface area contributed by atoms with Crippen molar-refractivity contribution in [3.63, 3.8) is 0 Å². The molecule has 102 valence electrons. The zero-order chi connectivity index (χ0) is 14.6. The number of hydrogen-bond donors (Lipinski definition) is 0. The fourth-order valence-corrected chi connectivity index (χ4v) is 2.21. The summed E-state index contributed by atoms with van der Waals surface area (Å²) >= 11 is -0.417. The van der Waals surface area contributed by atoms with E-state index in [-0.39, 0.29) is 16.0 Å². The van der Waals surface area contributed by atoms with Gasteiger partial charge in [0.05, 0.1) is 18.2 Å². The number of rotatable bonds is 3. The van der Waals surface area contributed by atoms with Crippen molar-refractivity contribution in [2.45, 2.75) is 23.7 Å². The maximum atomic E-state index is 12.4. The van der Waals surface area contributed by atoms with Crippen molar-refractivity contribution in [1.29, 1.82) is 5.26 Å². The van der Waals surface area contributed by atoms with Crippen molar-refractivity contribution in [3.8, 4) is 6.07 Å². The monoisotopic (exact) mass is 289 g/mol. The van der Waals surface area contributed by atoms with Crippen LogP contribution in [0.25, 0.3) is 0 Å². The number of methoxy groups -OCH3 is 1. The second kappa shape index (κ2) is 5.97. The number of benzene rings is 1. The van der Waals surface area contributed by atoms with E-state index in [0.29, 0.717) is 12.0 Å². The summed E-state index contributed by atoms with van der Waals surface area (Å²) < 4.78 is 41.7. The zero-order valence-corrected chi connectivity index (χ0v) is 11.0. The van der Waals surface area contributed by atoms with E-state index in [4.69, 9.17) is 5.26 Å². The summed E-state index contributed by atoms with van der Waals surface area (Å²) in [5, 5.41) is 9.02. The highest BCUT2D eigenvalue weighted by Gasteiger charge is 2.32. The van der Waals surface area contributed by atoms with E-state index in [1.165, 1.54) is 12.1 Å². The molecule has 0 spiro atoms. The first-order valence-corrected chi connectivity index (χ1v) is 6.05. The Morgan fingerprint density at radius 2 is 2.11 bits per heavy atom. The lowest BCUT2D eigenvalue weighted by molar-refractivity contribution is -0.0328. The standard InChI is InChI=1S/C12H10F3NO2S/c1-3-7-4-5-9(19-12(13,14)15)8(6-16)10(7)11(17)18-2/h4-5H,3H2,1-2H3. The van der Waals surface area contributed by atoms with Crippen LogP contribution in [0.15, 0.2) is 17.0 Å². The Bertz CT molecular complexity index is 535. The molecule has 0 heterocycles. The summed E-state index contributed by atoms with van der Waals surface area (Å²) in [5.41, 5.74) is -4.43. The van der Waals surface area contributed by atoms with Crippen molar-refractivity contribution in [1.82, 2.24) is 0 Å². The van der Waals surface area contributed by atoms with E-state index >= 15 is 0 Å². The Hall–Kier alpha value is -1.68. The summed E-state index contributed by atoms with van der Waals surface area (Å²) in [6, 6.07) is 4.26. The fraction of sp³-hybridized carbons (Fsp3) is 0.333. The number of thioether (sulfide) groups is 1. The largest absolute Gasteiger partial charge is 0.465 e. The Labute approximate surface area is 112 Å². The molecular weight excluding hydrogens is 279 g/mol. The number of alkyl halides is 3. The molecular formula is C12H10F3NO2S. The van der Waals surface area contributed by atoms with Gasteiger partial charge in [0.1, 0.15) is 6.07 Å². The van der Waals surface area contributed by atoms with Gasteiger partial charge in [0.25, 0.3) is 0 Å². The van der Waals surface area contributed by atoms with Gasteiger partial charge in [-0.1, -0.05) is 13.0 Å². The summed E-state index contributed by atoms with van der Waals surface area (Å²) in [6.07, 6.45) is 0.413. The maximum absolute atomic E-state index is 12.4. The first kappa shape index (κ1) is 15.4. The smallest absolute Gasteiger partial charge is 0.446 e. The minimum atomic E-state index is -4.52. The molecule has 0 N–H and O–H groups in total. The number of esters is 1. The minimum Gasteiger partial charge on any atom is -0.465 e. The number of hydrogen-bond acceptors (Lipinski definition) is 4. The van der Waals surface area contributed by atoms with Gasteiger partial charge in [-0.15, -0.1) is 0 Å². The van der Waals surface area contributed by atoms with Gasteiger partial charge in [0.2, 0.25) is 0 Å². The lowest BCUT2D eigenvalue weighted by Crippen LogP contribution is -2.10. The second-order valence-corrected chi connectivity index (χ2v) is 4.58. The van der Waals surface area contributed by atoms with Gasteiger partial charge < -0.3 is 4.74 Å². The van der Waals surface area contributed by atoms with Crippen LogP contribution in [0.1, 0.15) is 28.4 Å². The third kappa shape index (κ3) is 3.64. The third-order valence-electron chi connectivity index (χ3n) is 2.36. The fourth-order valence-electron chi connectivity index (χ4n) is 1.58. The van der Waals surface area contributed by atoms with Crippen LogP contribution >= 0.6 is 11.8 Å². The molecule has 0 saturated heterocycles. The Morgan fingerprint density at radius 1 is 1.47 bits per heavy atom. The van der Waals surface area contributed by atoms with Crippen LogP contribution in [-0.4, -0.2) is 18.6 Å². The van der Waals surface area contributed by atoms with Gasteiger partial charge >= 0.3 is 11.5 Å². The molecule has 1 rings (SSSR count). The average Bonchev–Trinajstić information content (AvgIpc) is 2.35.